The summed E-state index contributed by atoms with van der Waals surface area (Å²) in [6.07, 6.45) is 2.19. The first-order valence-corrected chi connectivity index (χ1v) is 11.9. The molecule has 5 rings (SSSR count). The molecule has 0 fully saturated rings. The SMILES string of the molecule is CC(C)(F)CN1CCc2c([nH]c3ccccc23)C1c1c(F)cc(OCc2cc(CO)ccn2)cc1F. The number of alkyl halides is 1. The molecule has 0 saturated heterocycles. The number of H-pyrrole nitrogens is 1. The molecule has 0 saturated carbocycles. The predicted octanol–water partition coefficient (Wildman–Crippen LogP) is 5.61. The highest BCUT2D eigenvalue weighted by Crippen LogP contribution is 2.41. The van der Waals surface area contributed by atoms with Crippen LogP contribution in [0.3, 0.4) is 0 Å². The van der Waals surface area contributed by atoms with Crippen molar-refractivity contribution in [3.8, 4) is 5.75 Å². The largest absolute Gasteiger partial charge is 0.487 e. The summed E-state index contributed by atoms with van der Waals surface area (Å²) < 4.78 is 51.5. The number of para-hydroxylation sites is 1. The van der Waals surface area contributed by atoms with Crippen molar-refractivity contribution in [2.75, 3.05) is 13.1 Å². The topological polar surface area (TPSA) is 61.4 Å². The standard InChI is InChI=1S/C28H28F3N3O2/c1-28(2,31)16-34-10-8-21-20-5-3-4-6-24(20)33-26(21)27(34)25-22(29)12-19(13-23(25)30)36-15-18-11-17(14-35)7-9-32-18/h3-7,9,11-13,27,33,35H,8,10,14-16H2,1-2H3. The maximum Gasteiger partial charge on any atom is 0.135 e. The van der Waals surface area contributed by atoms with Crippen LogP contribution in [0, 0.1) is 11.6 Å². The van der Waals surface area contributed by atoms with Crippen molar-refractivity contribution in [2.24, 2.45) is 0 Å². The molecule has 8 heteroatoms. The van der Waals surface area contributed by atoms with Gasteiger partial charge in [-0.15, -0.1) is 0 Å². The molecule has 5 nitrogen and oxygen atoms in total. The monoisotopic (exact) mass is 495 g/mol. The summed E-state index contributed by atoms with van der Waals surface area (Å²) in [7, 11) is 0. The fraction of sp³-hybridized carbons (Fsp3) is 0.321. The lowest BCUT2D eigenvalue weighted by Crippen LogP contribution is -2.43. The van der Waals surface area contributed by atoms with Gasteiger partial charge in [-0.1, -0.05) is 18.2 Å². The van der Waals surface area contributed by atoms with Crippen molar-refractivity contribution >= 4 is 10.9 Å². The molecule has 0 aliphatic carbocycles. The lowest BCUT2D eigenvalue weighted by atomic mass is 9.90. The van der Waals surface area contributed by atoms with E-state index in [4.69, 9.17) is 4.74 Å². The number of aliphatic hydroxyl groups excluding tert-OH is 1. The normalized spacial score (nSPS) is 16.3. The molecular weight excluding hydrogens is 467 g/mol. The van der Waals surface area contributed by atoms with E-state index in [2.05, 4.69) is 9.97 Å². The zero-order valence-electron chi connectivity index (χ0n) is 20.2. The van der Waals surface area contributed by atoms with Crippen molar-refractivity contribution in [3.05, 3.63) is 94.4 Å². The van der Waals surface area contributed by atoms with E-state index in [-0.39, 0.29) is 31.1 Å². The number of aromatic amines is 1. The summed E-state index contributed by atoms with van der Waals surface area (Å²) in [6.45, 7) is 3.27. The maximum absolute atomic E-state index is 15.6. The third-order valence-electron chi connectivity index (χ3n) is 6.49. The van der Waals surface area contributed by atoms with Gasteiger partial charge in [0, 0.05) is 53.6 Å². The van der Waals surface area contributed by atoms with Gasteiger partial charge in [-0.3, -0.25) is 9.88 Å². The summed E-state index contributed by atoms with van der Waals surface area (Å²) in [6, 6.07) is 12.6. The Morgan fingerprint density at radius 3 is 2.61 bits per heavy atom. The quantitative estimate of drug-likeness (QED) is 0.350. The fourth-order valence-corrected chi connectivity index (χ4v) is 5.04. The van der Waals surface area contributed by atoms with Crippen LogP contribution in [-0.2, 0) is 19.6 Å². The van der Waals surface area contributed by atoms with E-state index in [1.807, 2.05) is 24.3 Å². The van der Waals surface area contributed by atoms with Gasteiger partial charge in [-0.25, -0.2) is 13.2 Å². The summed E-state index contributed by atoms with van der Waals surface area (Å²) in [5.41, 5.74) is 2.07. The molecule has 2 N–H and O–H groups in total. The first-order chi connectivity index (χ1) is 17.2. The second kappa shape index (κ2) is 9.59. The molecule has 0 amide bonds. The lowest BCUT2D eigenvalue weighted by Gasteiger charge is -2.38. The molecular formula is C28H28F3N3O2. The Kier molecular flexibility index (Phi) is 6.49. The Balaban J connectivity index is 1.51. The van der Waals surface area contributed by atoms with Gasteiger partial charge < -0.3 is 14.8 Å². The van der Waals surface area contributed by atoms with Crippen molar-refractivity contribution in [1.29, 1.82) is 0 Å². The van der Waals surface area contributed by atoms with E-state index in [0.29, 0.717) is 29.9 Å². The minimum Gasteiger partial charge on any atom is -0.487 e. The van der Waals surface area contributed by atoms with Crippen molar-refractivity contribution in [2.45, 2.75) is 45.2 Å². The van der Waals surface area contributed by atoms with E-state index in [1.54, 1.807) is 17.0 Å². The van der Waals surface area contributed by atoms with Gasteiger partial charge in [0.2, 0.25) is 0 Å². The van der Waals surface area contributed by atoms with Crippen molar-refractivity contribution in [1.82, 2.24) is 14.9 Å². The first-order valence-electron chi connectivity index (χ1n) is 11.9. The van der Waals surface area contributed by atoms with Crippen LogP contribution in [0.5, 0.6) is 5.75 Å². The highest BCUT2D eigenvalue weighted by molar-refractivity contribution is 5.85. The summed E-state index contributed by atoms with van der Waals surface area (Å²) in [5.74, 6) is -1.50. The van der Waals surface area contributed by atoms with E-state index in [9.17, 15) is 9.50 Å². The second-order valence-electron chi connectivity index (χ2n) is 9.81. The van der Waals surface area contributed by atoms with Crippen LogP contribution >= 0.6 is 0 Å². The molecule has 1 aliphatic heterocycles. The zero-order chi connectivity index (χ0) is 25.4. The number of hydrogen-bond donors (Lipinski definition) is 2. The third-order valence-corrected chi connectivity index (χ3v) is 6.49. The third kappa shape index (κ3) is 4.83. The van der Waals surface area contributed by atoms with Gasteiger partial charge in [-0.2, -0.15) is 0 Å². The maximum atomic E-state index is 15.6. The van der Waals surface area contributed by atoms with Crippen LogP contribution in [0.4, 0.5) is 13.2 Å². The Bertz CT molecular complexity index is 1370. The molecule has 188 valence electrons. The van der Waals surface area contributed by atoms with Gasteiger partial charge in [0.25, 0.3) is 0 Å². The van der Waals surface area contributed by atoms with E-state index < -0.39 is 23.3 Å². The number of nitrogens with one attached hydrogen (secondary N) is 1. The Morgan fingerprint density at radius 1 is 1.14 bits per heavy atom. The van der Waals surface area contributed by atoms with Crippen molar-refractivity contribution < 1.29 is 23.0 Å². The van der Waals surface area contributed by atoms with Crippen molar-refractivity contribution in [3.63, 3.8) is 0 Å². The van der Waals surface area contributed by atoms with Crippen LogP contribution in [0.15, 0.2) is 54.7 Å². The fourth-order valence-electron chi connectivity index (χ4n) is 5.04. The molecule has 1 atom stereocenters. The number of pyridine rings is 1. The molecule has 0 spiro atoms. The average Bonchev–Trinajstić information content (AvgIpc) is 3.21. The summed E-state index contributed by atoms with van der Waals surface area (Å²) in [4.78, 5) is 9.30. The molecule has 0 bridgehead atoms. The number of ether oxygens (including phenoxy) is 1. The minimum atomic E-state index is -1.55. The van der Waals surface area contributed by atoms with Crippen LogP contribution in [0.1, 0.15) is 48.0 Å². The highest BCUT2D eigenvalue weighted by atomic mass is 19.1. The van der Waals surface area contributed by atoms with Gasteiger partial charge in [0.1, 0.15) is 29.7 Å². The number of hydrogen-bond acceptors (Lipinski definition) is 4. The Morgan fingerprint density at radius 2 is 1.89 bits per heavy atom. The number of rotatable bonds is 7. The molecule has 2 aromatic carbocycles. The second-order valence-corrected chi connectivity index (χ2v) is 9.81. The lowest BCUT2D eigenvalue weighted by molar-refractivity contribution is 0.0962. The molecule has 2 aromatic heterocycles. The molecule has 36 heavy (non-hydrogen) atoms. The summed E-state index contributed by atoms with van der Waals surface area (Å²) in [5, 5.41) is 10.3. The number of aliphatic hydroxyl groups is 1. The molecule has 1 unspecified atom stereocenters. The van der Waals surface area contributed by atoms with Gasteiger partial charge in [0.15, 0.2) is 0 Å². The number of benzene rings is 2. The highest BCUT2D eigenvalue weighted by Gasteiger charge is 2.37. The van der Waals surface area contributed by atoms with E-state index >= 15 is 8.78 Å². The molecule has 3 heterocycles. The molecule has 4 aromatic rings. The average molecular weight is 496 g/mol. The van der Waals surface area contributed by atoms with Gasteiger partial charge >= 0.3 is 0 Å². The van der Waals surface area contributed by atoms with Gasteiger partial charge in [0.05, 0.1) is 18.3 Å². The predicted molar refractivity (Wildman–Crippen MR) is 131 cm³/mol. The van der Waals surface area contributed by atoms with Crippen LogP contribution < -0.4 is 4.74 Å². The smallest absolute Gasteiger partial charge is 0.135 e. The Labute approximate surface area is 207 Å². The van der Waals surface area contributed by atoms with Crippen LogP contribution in [-0.4, -0.2) is 38.7 Å². The first kappa shape index (κ1) is 24.3. The summed E-state index contributed by atoms with van der Waals surface area (Å²) >= 11 is 0. The Hall–Kier alpha value is -3.36. The number of fused-ring (bicyclic) bond motifs is 3. The zero-order valence-corrected chi connectivity index (χ0v) is 20.2. The van der Waals surface area contributed by atoms with Crippen LogP contribution in [0.25, 0.3) is 10.9 Å². The minimum absolute atomic E-state index is 0.0101. The van der Waals surface area contributed by atoms with E-state index in [1.165, 1.54) is 20.0 Å². The number of halogens is 3. The van der Waals surface area contributed by atoms with E-state index in [0.717, 1.165) is 28.6 Å². The molecule has 1 aliphatic rings. The number of nitrogens with zero attached hydrogens (tertiary/aromatic N) is 2. The van der Waals surface area contributed by atoms with Gasteiger partial charge in [-0.05, 0) is 49.6 Å². The van der Waals surface area contributed by atoms with Crippen LogP contribution in [0.2, 0.25) is 0 Å². The molecule has 0 radical (unpaired) electrons. The number of aromatic nitrogens is 2.